The zero-order valence-corrected chi connectivity index (χ0v) is 16.5. The van der Waals surface area contributed by atoms with Gasteiger partial charge in [-0.1, -0.05) is 15.9 Å². The van der Waals surface area contributed by atoms with Gasteiger partial charge >= 0.3 is 0 Å². The van der Waals surface area contributed by atoms with E-state index in [4.69, 9.17) is 9.47 Å². The number of benzene rings is 1. The third-order valence-corrected chi connectivity index (χ3v) is 3.90. The van der Waals surface area contributed by atoms with Crippen LogP contribution in [0.2, 0.25) is 0 Å². The van der Waals surface area contributed by atoms with E-state index in [-0.39, 0.29) is 24.4 Å². The first kappa shape index (κ1) is 22.0. The van der Waals surface area contributed by atoms with Crippen LogP contribution in [-0.2, 0) is 11.2 Å². The first-order valence-corrected chi connectivity index (χ1v) is 8.33. The monoisotopic (exact) mass is 408 g/mol. The summed E-state index contributed by atoms with van der Waals surface area (Å²) in [6, 6.07) is 3.96. The predicted octanol–water partition coefficient (Wildman–Crippen LogP) is 2.93. The van der Waals surface area contributed by atoms with Crippen LogP contribution in [0.5, 0.6) is 11.5 Å². The molecule has 0 aliphatic rings. The van der Waals surface area contributed by atoms with Gasteiger partial charge in [-0.05, 0) is 45.5 Å². The van der Waals surface area contributed by atoms with Crippen molar-refractivity contribution in [2.24, 2.45) is 0 Å². The second-order valence-electron chi connectivity index (χ2n) is 4.93. The summed E-state index contributed by atoms with van der Waals surface area (Å²) in [6.45, 7) is 7.57. The van der Waals surface area contributed by atoms with E-state index in [1.54, 1.807) is 0 Å². The van der Waals surface area contributed by atoms with Crippen molar-refractivity contribution in [3.05, 3.63) is 22.2 Å². The summed E-state index contributed by atoms with van der Waals surface area (Å²) in [6.07, 6.45) is 0.295. The molecule has 23 heavy (non-hydrogen) atoms. The number of carbonyl (C=O) groups is 1. The molecule has 0 radical (unpaired) electrons. The molecule has 0 bridgehead atoms. The normalized spacial score (nSPS) is 11.3. The lowest BCUT2D eigenvalue weighted by molar-refractivity contribution is -0.120. The number of hydrogen-bond acceptors (Lipinski definition) is 4. The van der Waals surface area contributed by atoms with Crippen LogP contribution in [0.25, 0.3) is 0 Å². The number of hydrogen-bond donors (Lipinski definition) is 2. The van der Waals surface area contributed by atoms with Gasteiger partial charge in [-0.3, -0.25) is 4.79 Å². The molecule has 0 spiro atoms. The third kappa shape index (κ3) is 7.42. The average Bonchev–Trinajstić information content (AvgIpc) is 2.49. The number of rotatable bonds is 9. The second kappa shape index (κ2) is 11.5. The highest BCUT2D eigenvalue weighted by Gasteiger charge is 2.13. The second-order valence-corrected chi connectivity index (χ2v) is 5.78. The van der Waals surface area contributed by atoms with Crippen molar-refractivity contribution in [3.8, 4) is 11.5 Å². The van der Waals surface area contributed by atoms with Gasteiger partial charge in [-0.15, -0.1) is 12.4 Å². The van der Waals surface area contributed by atoms with E-state index >= 15 is 0 Å². The Bertz CT molecular complexity index is 500. The highest BCUT2D eigenvalue weighted by atomic mass is 79.9. The Balaban J connectivity index is 0.00000484. The number of halogens is 2. The van der Waals surface area contributed by atoms with Crippen LogP contribution in [0.15, 0.2) is 16.6 Å². The lowest BCUT2D eigenvalue weighted by atomic mass is 10.1. The Morgan fingerprint density at radius 3 is 2.30 bits per heavy atom. The number of ether oxygens (including phenoxy) is 2. The average molecular weight is 410 g/mol. The van der Waals surface area contributed by atoms with Crippen molar-refractivity contribution in [1.82, 2.24) is 10.6 Å². The standard InChI is InChI=1S/C16H25BrN2O3.ClH/c1-5-21-14-7-12(13(17)9-15(14)22-6-2)8-16(20)19-10-11(3)18-4;/h7,9,11,18H,5-6,8,10H2,1-4H3,(H,19,20);1H. The maximum Gasteiger partial charge on any atom is 0.224 e. The summed E-state index contributed by atoms with van der Waals surface area (Å²) >= 11 is 3.50. The molecule has 7 heteroatoms. The van der Waals surface area contributed by atoms with E-state index in [0.29, 0.717) is 37.7 Å². The van der Waals surface area contributed by atoms with Gasteiger partial charge in [0, 0.05) is 17.1 Å². The molecule has 1 unspecified atom stereocenters. The van der Waals surface area contributed by atoms with Crippen molar-refractivity contribution in [2.45, 2.75) is 33.2 Å². The van der Waals surface area contributed by atoms with Crippen LogP contribution in [0, 0.1) is 0 Å². The van der Waals surface area contributed by atoms with Gasteiger partial charge in [-0.25, -0.2) is 0 Å². The topological polar surface area (TPSA) is 59.6 Å². The number of likely N-dealkylation sites (N-methyl/N-ethyl adjacent to an activating group) is 1. The maximum absolute atomic E-state index is 12.0. The zero-order chi connectivity index (χ0) is 16.5. The summed E-state index contributed by atoms with van der Waals surface area (Å²) < 4.78 is 12.0. The summed E-state index contributed by atoms with van der Waals surface area (Å²) in [5, 5.41) is 5.99. The molecule has 1 aromatic rings. The van der Waals surface area contributed by atoms with Gasteiger partial charge in [0.25, 0.3) is 0 Å². The summed E-state index contributed by atoms with van der Waals surface area (Å²) in [7, 11) is 1.87. The lowest BCUT2D eigenvalue weighted by Gasteiger charge is -2.15. The molecule has 1 rings (SSSR count). The molecule has 1 aromatic carbocycles. The van der Waals surface area contributed by atoms with E-state index in [2.05, 4.69) is 26.6 Å². The Hall–Kier alpha value is -0.980. The molecule has 1 atom stereocenters. The van der Waals surface area contributed by atoms with E-state index in [1.165, 1.54) is 0 Å². The molecule has 0 fully saturated rings. The van der Waals surface area contributed by atoms with Crippen molar-refractivity contribution in [2.75, 3.05) is 26.8 Å². The summed E-state index contributed by atoms with van der Waals surface area (Å²) in [4.78, 5) is 12.0. The fraction of sp³-hybridized carbons (Fsp3) is 0.562. The van der Waals surface area contributed by atoms with Crippen LogP contribution in [0.4, 0.5) is 0 Å². The molecule has 0 saturated carbocycles. The van der Waals surface area contributed by atoms with Gasteiger partial charge in [0.05, 0.1) is 19.6 Å². The number of nitrogens with one attached hydrogen (secondary N) is 2. The Morgan fingerprint density at radius 2 is 1.78 bits per heavy atom. The van der Waals surface area contributed by atoms with Gasteiger partial charge in [-0.2, -0.15) is 0 Å². The molecule has 0 heterocycles. The maximum atomic E-state index is 12.0. The fourth-order valence-corrected chi connectivity index (χ4v) is 2.32. The first-order chi connectivity index (χ1) is 10.5. The van der Waals surface area contributed by atoms with Crippen molar-refractivity contribution >= 4 is 34.2 Å². The minimum Gasteiger partial charge on any atom is -0.490 e. The van der Waals surface area contributed by atoms with Gasteiger partial charge in [0.2, 0.25) is 5.91 Å². The van der Waals surface area contributed by atoms with Crippen molar-refractivity contribution in [1.29, 1.82) is 0 Å². The molecule has 0 aromatic heterocycles. The quantitative estimate of drug-likeness (QED) is 0.658. The number of carbonyl (C=O) groups excluding carboxylic acids is 1. The molecule has 0 aliphatic heterocycles. The molecule has 2 N–H and O–H groups in total. The van der Waals surface area contributed by atoms with Gasteiger partial charge < -0.3 is 20.1 Å². The van der Waals surface area contributed by atoms with Gasteiger partial charge in [0.15, 0.2) is 11.5 Å². The predicted molar refractivity (Wildman–Crippen MR) is 99.0 cm³/mol. The van der Waals surface area contributed by atoms with Crippen LogP contribution in [-0.4, -0.2) is 38.8 Å². The minimum atomic E-state index is -0.0191. The molecule has 132 valence electrons. The molecule has 1 amide bonds. The largest absolute Gasteiger partial charge is 0.490 e. The molecule has 0 saturated heterocycles. The summed E-state index contributed by atoms with van der Waals surface area (Å²) in [5.74, 6) is 1.33. The van der Waals surface area contributed by atoms with Crippen LogP contribution in [0.3, 0.4) is 0 Å². The van der Waals surface area contributed by atoms with Crippen LogP contribution < -0.4 is 20.1 Å². The lowest BCUT2D eigenvalue weighted by Crippen LogP contribution is -2.37. The first-order valence-electron chi connectivity index (χ1n) is 7.53. The van der Waals surface area contributed by atoms with Crippen molar-refractivity contribution < 1.29 is 14.3 Å². The molecule has 0 aliphatic carbocycles. The molecule has 5 nitrogen and oxygen atoms in total. The zero-order valence-electron chi connectivity index (χ0n) is 14.1. The van der Waals surface area contributed by atoms with E-state index < -0.39 is 0 Å². The van der Waals surface area contributed by atoms with E-state index in [9.17, 15) is 4.79 Å². The number of amides is 1. The van der Waals surface area contributed by atoms with Crippen LogP contribution in [0.1, 0.15) is 26.3 Å². The Morgan fingerprint density at radius 1 is 1.22 bits per heavy atom. The van der Waals surface area contributed by atoms with Gasteiger partial charge in [0.1, 0.15) is 0 Å². The Labute approximate surface area is 153 Å². The van der Waals surface area contributed by atoms with Crippen molar-refractivity contribution in [3.63, 3.8) is 0 Å². The SMILES string of the molecule is CCOc1cc(Br)c(CC(=O)NCC(C)NC)cc1OCC.Cl. The molecular formula is C16H26BrClN2O3. The fourth-order valence-electron chi connectivity index (χ4n) is 1.85. The summed E-state index contributed by atoms with van der Waals surface area (Å²) in [5.41, 5.74) is 0.876. The molecular weight excluding hydrogens is 384 g/mol. The van der Waals surface area contributed by atoms with E-state index in [1.807, 2.05) is 40.0 Å². The highest BCUT2D eigenvalue weighted by Crippen LogP contribution is 2.34. The van der Waals surface area contributed by atoms with Crippen LogP contribution >= 0.6 is 28.3 Å². The highest BCUT2D eigenvalue weighted by molar-refractivity contribution is 9.10. The third-order valence-electron chi connectivity index (χ3n) is 3.16. The Kier molecular flexibility index (Phi) is 11.0. The smallest absolute Gasteiger partial charge is 0.224 e. The van der Waals surface area contributed by atoms with E-state index in [0.717, 1.165) is 10.0 Å². The minimum absolute atomic E-state index is 0.